The highest BCUT2D eigenvalue weighted by Crippen LogP contribution is 2.20. The third-order valence-electron chi connectivity index (χ3n) is 2.06. The highest BCUT2D eigenvalue weighted by molar-refractivity contribution is 5.87. The second kappa shape index (κ2) is 8.91. The molecule has 0 aromatic heterocycles. The van der Waals surface area contributed by atoms with E-state index in [1.54, 1.807) is 19.3 Å². The van der Waals surface area contributed by atoms with Crippen molar-refractivity contribution in [2.45, 2.75) is 32.3 Å². The Bertz CT molecular complexity index is 171. The molecule has 0 saturated heterocycles. The lowest BCUT2D eigenvalue weighted by Gasteiger charge is -2.22. The molecule has 0 aromatic rings. The van der Waals surface area contributed by atoms with Crippen LogP contribution in [0.4, 0.5) is 0 Å². The Labute approximate surface area is 86.5 Å². The summed E-state index contributed by atoms with van der Waals surface area (Å²) in [6.45, 7) is 2.30. The van der Waals surface area contributed by atoms with Crippen molar-refractivity contribution < 1.29 is 9.53 Å². The van der Waals surface area contributed by atoms with Crippen LogP contribution >= 0.6 is 0 Å². The normalized spacial score (nSPS) is 15.9. The lowest BCUT2D eigenvalue weighted by Crippen LogP contribution is -2.18. The monoisotopic (exact) mass is 199 g/mol. The van der Waals surface area contributed by atoms with Crippen molar-refractivity contribution in [3.05, 3.63) is 12.2 Å². The summed E-state index contributed by atoms with van der Waals surface area (Å²) >= 11 is 0. The molecule has 0 aliphatic heterocycles. The molecular weight excluding hydrogens is 178 g/mol. The molecule has 0 radical (unpaired) electrons. The Hall–Kier alpha value is -0.670. The first-order valence-corrected chi connectivity index (χ1v) is 5.05. The van der Waals surface area contributed by atoms with Gasteiger partial charge in [0.25, 0.3) is 0 Å². The van der Waals surface area contributed by atoms with Gasteiger partial charge in [0.1, 0.15) is 0 Å². The van der Waals surface area contributed by atoms with Crippen LogP contribution in [0, 0.1) is 0 Å². The minimum Gasteiger partial charge on any atom is -0.381 e. The van der Waals surface area contributed by atoms with Gasteiger partial charge in [0.05, 0.1) is 6.10 Å². The number of likely N-dealkylation sites (N-methyl/N-ethyl adjacent to an activating group) is 1. The number of methoxy groups -OCH3 is 1. The molecule has 0 atom stereocenters. The average Bonchev–Trinajstić information content (AvgIpc) is 2.03. The highest BCUT2D eigenvalue weighted by Gasteiger charge is 2.14. The van der Waals surface area contributed by atoms with Gasteiger partial charge in [-0.2, -0.15) is 0 Å². The van der Waals surface area contributed by atoms with Crippen LogP contribution in [0.5, 0.6) is 0 Å². The molecule has 0 bridgehead atoms. The Morgan fingerprint density at radius 3 is 2.43 bits per heavy atom. The smallest absolute Gasteiger partial charge is 0.152 e. The first-order valence-electron chi connectivity index (χ1n) is 5.05. The zero-order valence-electron chi connectivity index (χ0n) is 9.38. The number of allylic oxidation sites excluding steroid dienone is 1. The van der Waals surface area contributed by atoms with Gasteiger partial charge in [-0.3, -0.25) is 4.79 Å². The summed E-state index contributed by atoms with van der Waals surface area (Å²) in [6, 6.07) is 0. The highest BCUT2D eigenvalue weighted by atomic mass is 16.5. The van der Waals surface area contributed by atoms with Crippen LogP contribution < -0.4 is 5.32 Å². The van der Waals surface area contributed by atoms with Crippen molar-refractivity contribution >= 4 is 5.78 Å². The largest absolute Gasteiger partial charge is 0.381 e. The van der Waals surface area contributed by atoms with E-state index in [0.29, 0.717) is 6.10 Å². The van der Waals surface area contributed by atoms with Crippen molar-refractivity contribution in [2.24, 2.45) is 0 Å². The van der Waals surface area contributed by atoms with Crippen molar-refractivity contribution in [3.8, 4) is 0 Å². The average molecular weight is 199 g/mol. The summed E-state index contributed by atoms with van der Waals surface area (Å²) in [5.74, 6) is 0.0975. The first-order chi connectivity index (χ1) is 6.70. The lowest BCUT2D eigenvalue weighted by atomic mass is 9.96. The quantitative estimate of drug-likeness (QED) is 0.698. The Morgan fingerprint density at radius 2 is 2.21 bits per heavy atom. The maximum atomic E-state index is 10.2. The van der Waals surface area contributed by atoms with Crippen LogP contribution in [-0.4, -0.2) is 32.6 Å². The van der Waals surface area contributed by atoms with Crippen LogP contribution in [0.3, 0.4) is 0 Å². The van der Waals surface area contributed by atoms with Crippen LogP contribution in [0.1, 0.15) is 26.2 Å². The number of carbonyl (C=O) groups excluding carboxylic acids is 1. The first kappa shape index (κ1) is 13.3. The topological polar surface area (TPSA) is 38.3 Å². The summed E-state index contributed by atoms with van der Waals surface area (Å²) in [5.41, 5.74) is 0. The van der Waals surface area contributed by atoms with E-state index in [1.165, 1.54) is 26.2 Å². The molecule has 1 aliphatic carbocycles. The number of hydrogen-bond acceptors (Lipinski definition) is 3. The number of hydrogen-bond donors (Lipinski definition) is 1. The molecule has 0 aromatic carbocycles. The van der Waals surface area contributed by atoms with Gasteiger partial charge in [-0.15, -0.1) is 0 Å². The molecular formula is C11H21NO2. The fourth-order valence-electron chi connectivity index (χ4n) is 0.949. The second-order valence-corrected chi connectivity index (χ2v) is 3.36. The van der Waals surface area contributed by atoms with Gasteiger partial charge >= 0.3 is 0 Å². The van der Waals surface area contributed by atoms with E-state index in [4.69, 9.17) is 4.74 Å². The Morgan fingerprint density at radius 1 is 1.57 bits per heavy atom. The maximum Gasteiger partial charge on any atom is 0.152 e. The van der Waals surface area contributed by atoms with E-state index >= 15 is 0 Å². The summed E-state index contributed by atoms with van der Waals surface area (Å²) in [6.07, 6.45) is 7.91. The molecule has 0 heterocycles. The Balaban J connectivity index is 0.000000249. The van der Waals surface area contributed by atoms with Gasteiger partial charge in [-0.05, 0) is 39.3 Å². The fraction of sp³-hybridized carbons (Fsp3) is 0.727. The summed E-state index contributed by atoms with van der Waals surface area (Å²) in [5, 5.41) is 2.88. The van der Waals surface area contributed by atoms with Crippen LogP contribution in [0.2, 0.25) is 0 Å². The fourth-order valence-corrected chi connectivity index (χ4v) is 0.949. The van der Waals surface area contributed by atoms with Gasteiger partial charge in [0, 0.05) is 13.7 Å². The number of nitrogens with one attached hydrogen (secondary N) is 1. The van der Waals surface area contributed by atoms with E-state index in [2.05, 4.69) is 5.32 Å². The van der Waals surface area contributed by atoms with Crippen LogP contribution in [-0.2, 0) is 9.53 Å². The molecule has 0 spiro atoms. The second-order valence-electron chi connectivity index (χ2n) is 3.36. The third kappa shape index (κ3) is 7.95. The molecule has 3 heteroatoms. The number of carbonyl (C=O) groups is 1. The lowest BCUT2D eigenvalue weighted by molar-refractivity contribution is -0.112. The number of ether oxygens (including phenoxy) is 1. The zero-order valence-corrected chi connectivity index (χ0v) is 9.38. The number of ketones is 1. The summed E-state index contributed by atoms with van der Waals surface area (Å²) < 4.78 is 4.99. The van der Waals surface area contributed by atoms with Crippen LogP contribution in [0.25, 0.3) is 0 Å². The third-order valence-corrected chi connectivity index (χ3v) is 2.06. The minimum absolute atomic E-state index is 0.0975. The van der Waals surface area contributed by atoms with Crippen molar-refractivity contribution in [3.63, 3.8) is 0 Å². The summed E-state index contributed by atoms with van der Waals surface area (Å²) in [4.78, 5) is 10.2. The van der Waals surface area contributed by atoms with Gasteiger partial charge < -0.3 is 10.1 Å². The molecule has 3 nitrogen and oxygen atoms in total. The van der Waals surface area contributed by atoms with Crippen LogP contribution in [0.15, 0.2) is 12.2 Å². The van der Waals surface area contributed by atoms with E-state index in [-0.39, 0.29) is 5.78 Å². The van der Waals surface area contributed by atoms with Gasteiger partial charge in [0.2, 0.25) is 0 Å². The minimum atomic E-state index is 0.0975. The molecule has 14 heavy (non-hydrogen) atoms. The molecule has 1 N–H and O–H groups in total. The van der Waals surface area contributed by atoms with Crippen molar-refractivity contribution in [1.29, 1.82) is 0 Å². The molecule has 1 fully saturated rings. The predicted octanol–water partition coefficient (Wildman–Crippen LogP) is 1.54. The molecule has 0 unspecified atom stereocenters. The van der Waals surface area contributed by atoms with E-state index in [1.807, 2.05) is 7.05 Å². The molecule has 1 aliphatic rings. The van der Waals surface area contributed by atoms with E-state index in [0.717, 1.165) is 6.54 Å². The van der Waals surface area contributed by atoms with Gasteiger partial charge in [-0.1, -0.05) is 6.08 Å². The number of rotatable bonds is 4. The summed E-state index contributed by atoms with van der Waals surface area (Å²) in [7, 11) is 3.62. The van der Waals surface area contributed by atoms with Crippen molar-refractivity contribution in [2.75, 3.05) is 20.7 Å². The van der Waals surface area contributed by atoms with Crippen molar-refractivity contribution in [1.82, 2.24) is 5.32 Å². The maximum absolute atomic E-state index is 10.2. The SMILES string of the molecule is CNC/C=C/C(C)=O.COC1CCC1. The van der Waals surface area contributed by atoms with E-state index in [9.17, 15) is 4.79 Å². The van der Waals surface area contributed by atoms with Gasteiger partial charge in [-0.25, -0.2) is 0 Å². The molecule has 1 rings (SSSR count). The molecule has 1 saturated carbocycles. The van der Waals surface area contributed by atoms with Gasteiger partial charge in [0.15, 0.2) is 5.78 Å². The molecule has 0 amide bonds. The molecule has 82 valence electrons. The van der Waals surface area contributed by atoms with E-state index < -0.39 is 0 Å². The Kier molecular flexibility index (Phi) is 8.48. The predicted molar refractivity (Wildman–Crippen MR) is 58.4 cm³/mol. The standard InChI is InChI=1S/C6H11NO.C5H10O/c1-6(8)4-3-5-7-2;1-6-5-3-2-4-5/h3-4,7H,5H2,1-2H3;5H,2-4H2,1H3/b4-3+;. The zero-order chi connectivity index (χ0) is 10.8.